The number of halogens is 1. The van der Waals surface area contributed by atoms with Gasteiger partial charge >= 0.3 is 5.97 Å². The van der Waals surface area contributed by atoms with Gasteiger partial charge in [-0.1, -0.05) is 11.6 Å². The molecule has 7 heteroatoms. The summed E-state index contributed by atoms with van der Waals surface area (Å²) in [5.74, 6) is -1.79. The van der Waals surface area contributed by atoms with E-state index in [1.165, 1.54) is 6.07 Å². The lowest BCUT2D eigenvalue weighted by molar-refractivity contribution is 0.0694. The summed E-state index contributed by atoms with van der Waals surface area (Å²) in [7, 11) is 2.03. The molecular formula is C21H26FN3O3. The van der Waals surface area contributed by atoms with Crippen LogP contribution >= 0.6 is 0 Å². The van der Waals surface area contributed by atoms with Gasteiger partial charge in [0.25, 0.3) is 0 Å². The number of aromatic carboxylic acids is 1. The number of rotatable bonds is 4. The zero-order valence-corrected chi connectivity index (χ0v) is 16.8. The lowest BCUT2D eigenvalue weighted by atomic mass is 10.1. The zero-order chi connectivity index (χ0) is 20.6. The van der Waals surface area contributed by atoms with Crippen LogP contribution < -0.4 is 10.3 Å². The number of fused-ring (bicyclic) bond motifs is 1. The molecule has 2 aromatic rings. The van der Waals surface area contributed by atoms with Crippen LogP contribution in [0.2, 0.25) is 0 Å². The number of benzene rings is 1. The van der Waals surface area contributed by atoms with E-state index in [9.17, 15) is 19.1 Å². The lowest BCUT2D eigenvalue weighted by Gasteiger charge is -2.34. The monoisotopic (exact) mass is 387 g/mol. The Morgan fingerprint density at radius 1 is 1.21 bits per heavy atom. The van der Waals surface area contributed by atoms with E-state index in [-0.39, 0.29) is 10.9 Å². The fourth-order valence-electron chi connectivity index (χ4n) is 3.62. The molecule has 28 heavy (non-hydrogen) atoms. The van der Waals surface area contributed by atoms with Crippen molar-refractivity contribution in [1.29, 1.82) is 0 Å². The number of pyridine rings is 1. The highest BCUT2D eigenvalue weighted by molar-refractivity contribution is 5.95. The van der Waals surface area contributed by atoms with Gasteiger partial charge in [-0.25, -0.2) is 9.18 Å². The third-order valence-corrected chi connectivity index (χ3v) is 5.33. The maximum Gasteiger partial charge on any atom is 0.341 e. The Morgan fingerprint density at radius 3 is 2.43 bits per heavy atom. The molecule has 150 valence electrons. The molecule has 0 bridgehead atoms. The Hall–Kier alpha value is -2.67. The van der Waals surface area contributed by atoms with Crippen molar-refractivity contribution in [2.75, 3.05) is 38.1 Å². The average molecular weight is 387 g/mol. The van der Waals surface area contributed by atoms with Crippen molar-refractivity contribution >= 4 is 22.6 Å². The normalized spacial score (nSPS) is 15.1. The summed E-state index contributed by atoms with van der Waals surface area (Å²) in [5.41, 5.74) is 1.51. The first-order valence-electron chi connectivity index (χ1n) is 9.37. The molecule has 1 aliphatic rings. The maximum absolute atomic E-state index is 14.9. The molecule has 1 aliphatic heterocycles. The first-order valence-corrected chi connectivity index (χ1v) is 9.37. The Morgan fingerprint density at radius 2 is 1.86 bits per heavy atom. The van der Waals surface area contributed by atoms with Crippen LogP contribution in [0.4, 0.5) is 10.1 Å². The highest BCUT2D eigenvalue weighted by Gasteiger charge is 2.23. The fraction of sp³-hybridized carbons (Fsp3) is 0.429. The minimum Gasteiger partial charge on any atom is -0.477 e. The van der Waals surface area contributed by atoms with E-state index >= 15 is 0 Å². The third-order valence-electron chi connectivity index (χ3n) is 5.33. The highest BCUT2D eigenvalue weighted by atomic mass is 19.1. The largest absolute Gasteiger partial charge is 0.477 e. The first-order chi connectivity index (χ1) is 13.2. The molecule has 0 saturated carbocycles. The van der Waals surface area contributed by atoms with Gasteiger partial charge in [0, 0.05) is 43.8 Å². The number of nitrogens with zero attached hydrogens (tertiary/aromatic N) is 3. The average Bonchev–Trinajstić information content (AvgIpc) is 2.62. The molecule has 1 aromatic carbocycles. The minimum absolute atomic E-state index is 0.0977. The summed E-state index contributed by atoms with van der Waals surface area (Å²) < 4.78 is 16.7. The number of carboxylic acids is 1. The number of anilines is 1. The second kappa shape index (κ2) is 7.75. The zero-order valence-electron chi connectivity index (χ0n) is 16.8. The smallest absolute Gasteiger partial charge is 0.341 e. The maximum atomic E-state index is 14.9. The van der Waals surface area contributed by atoms with Crippen molar-refractivity contribution < 1.29 is 14.3 Å². The Bertz CT molecular complexity index is 1010. The molecule has 1 fully saturated rings. The van der Waals surface area contributed by atoms with E-state index in [0.717, 1.165) is 18.7 Å². The molecule has 0 atom stereocenters. The van der Waals surface area contributed by atoms with Gasteiger partial charge in [0.1, 0.15) is 11.4 Å². The van der Waals surface area contributed by atoms with Gasteiger partial charge in [-0.3, -0.25) is 4.79 Å². The van der Waals surface area contributed by atoms with E-state index in [0.29, 0.717) is 36.5 Å². The molecule has 0 radical (unpaired) electrons. The molecule has 0 spiro atoms. The predicted molar refractivity (Wildman–Crippen MR) is 109 cm³/mol. The van der Waals surface area contributed by atoms with Gasteiger partial charge in [-0.05, 0) is 40.0 Å². The molecule has 2 heterocycles. The topological polar surface area (TPSA) is 65.8 Å². The fourth-order valence-corrected chi connectivity index (χ4v) is 3.62. The number of allylic oxidation sites excluding steroid dienone is 2. The molecule has 1 N–H and O–H groups in total. The van der Waals surface area contributed by atoms with E-state index in [1.54, 1.807) is 17.6 Å². The Kier molecular flexibility index (Phi) is 5.56. The Labute approximate surface area is 163 Å². The van der Waals surface area contributed by atoms with Gasteiger partial charge in [0.05, 0.1) is 11.2 Å². The lowest BCUT2D eigenvalue weighted by Crippen LogP contribution is -2.44. The molecule has 6 nitrogen and oxygen atoms in total. The van der Waals surface area contributed by atoms with Gasteiger partial charge in [-0.15, -0.1) is 0 Å². The van der Waals surface area contributed by atoms with Crippen molar-refractivity contribution in [3.63, 3.8) is 0 Å². The van der Waals surface area contributed by atoms with E-state index in [4.69, 9.17) is 0 Å². The summed E-state index contributed by atoms with van der Waals surface area (Å²) in [6.07, 6.45) is 1.96. The van der Waals surface area contributed by atoms with Crippen molar-refractivity contribution in [3.8, 4) is 0 Å². The van der Waals surface area contributed by atoms with Gasteiger partial charge < -0.3 is 19.5 Å². The number of aromatic nitrogens is 1. The number of hydrogen-bond donors (Lipinski definition) is 1. The van der Waals surface area contributed by atoms with Crippen LogP contribution in [0, 0.1) is 12.7 Å². The SMILES string of the molecule is CC(C)=CCn1c(C)c(C(=O)O)c(=O)c2cc(F)c(N3CCN(C)CC3)cc21. The van der Waals surface area contributed by atoms with Crippen molar-refractivity contribution in [2.24, 2.45) is 0 Å². The molecule has 1 saturated heterocycles. The molecular weight excluding hydrogens is 361 g/mol. The van der Waals surface area contributed by atoms with Crippen LogP contribution in [0.15, 0.2) is 28.6 Å². The van der Waals surface area contributed by atoms with E-state index in [1.807, 2.05) is 31.9 Å². The summed E-state index contributed by atoms with van der Waals surface area (Å²) in [6, 6.07) is 2.88. The number of carbonyl (C=O) groups is 1. The van der Waals surface area contributed by atoms with Crippen LogP contribution in [-0.2, 0) is 6.54 Å². The quantitative estimate of drug-likeness (QED) is 0.818. The first kappa shape index (κ1) is 20.1. The molecule has 0 amide bonds. The molecule has 0 aliphatic carbocycles. The van der Waals surface area contributed by atoms with Crippen LogP contribution in [0.25, 0.3) is 10.9 Å². The van der Waals surface area contributed by atoms with Gasteiger partial charge in [-0.2, -0.15) is 0 Å². The summed E-state index contributed by atoms with van der Waals surface area (Å²) in [4.78, 5) is 28.6. The van der Waals surface area contributed by atoms with E-state index < -0.39 is 17.2 Å². The predicted octanol–water partition coefficient (Wildman–Crippen LogP) is 2.87. The molecule has 3 rings (SSSR count). The Balaban J connectivity index is 2.26. The number of likely N-dealkylation sites (N-methyl/N-ethyl adjacent to an activating group) is 1. The summed E-state index contributed by atoms with van der Waals surface area (Å²) >= 11 is 0. The third kappa shape index (κ3) is 3.67. The minimum atomic E-state index is -1.29. The standard InChI is InChI=1S/C21H26FN3O3/c1-13(2)5-6-25-14(3)19(21(27)28)20(26)15-11-16(22)18(12-17(15)25)24-9-7-23(4)8-10-24/h5,11-12H,6-10H2,1-4H3,(H,27,28). The van der Waals surface area contributed by atoms with Crippen molar-refractivity contribution in [1.82, 2.24) is 9.47 Å². The van der Waals surface area contributed by atoms with Gasteiger partial charge in [0.2, 0.25) is 5.43 Å². The summed E-state index contributed by atoms with van der Waals surface area (Å²) in [5, 5.41) is 9.62. The second-order valence-corrected chi connectivity index (χ2v) is 7.60. The number of piperazine rings is 1. The van der Waals surface area contributed by atoms with Crippen LogP contribution in [-0.4, -0.2) is 53.8 Å². The summed E-state index contributed by atoms with van der Waals surface area (Å²) in [6.45, 7) is 9.01. The van der Waals surface area contributed by atoms with E-state index in [2.05, 4.69) is 4.90 Å². The van der Waals surface area contributed by atoms with Crippen LogP contribution in [0.5, 0.6) is 0 Å². The van der Waals surface area contributed by atoms with Crippen molar-refractivity contribution in [2.45, 2.75) is 27.3 Å². The van der Waals surface area contributed by atoms with Crippen LogP contribution in [0.3, 0.4) is 0 Å². The molecule has 0 unspecified atom stereocenters. The highest BCUT2D eigenvalue weighted by Crippen LogP contribution is 2.27. The van der Waals surface area contributed by atoms with Crippen molar-refractivity contribution in [3.05, 3.63) is 51.1 Å². The molecule has 1 aromatic heterocycles. The second-order valence-electron chi connectivity index (χ2n) is 7.60. The van der Waals surface area contributed by atoms with Crippen LogP contribution in [0.1, 0.15) is 29.9 Å². The number of hydrogen-bond acceptors (Lipinski definition) is 4. The van der Waals surface area contributed by atoms with Gasteiger partial charge in [0.15, 0.2) is 0 Å². The number of carboxylic acid groups (broad SMARTS) is 1.